The van der Waals surface area contributed by atoms with Crippen molar-refractivity contribution in [3.05, 3.63) is 48.7 Å². The second-order valence-electron chi connectivity index (χ2n) is 8.22. The van der Waals surface area contributed by atoms with Crippen LogP contribution in [0.5, 0.6) is 5.75 Å². The Labute approximate surface area is 182 Å². The Morgan fingerprint density at radius 1 is 0.968 bits per heavy atom. The first-order valence-corrected chi connectivity index (χ1v) is 11.0. The maximum absolute atomic E-state index is 13.3. The van der Waals surface area contributed by atoms with Gasteiger partial charge in [-0.25, -0.2) is 0 Å². The Kier molecular flexibility index (Phi) is 5.36. The number of hydrogen-bond donors (Lipinski definition) is 0. The molecule has 2 fully saturated rings. The lowest BCUT2D eigenvalue weighted by Gasteiger charge is -2.39. The van der Waals surface area contributed by atoms with E-state index >= 15 is 0 Å². The number of piperidine rings is 1. The fraction of sp³-hybridized carbons (Fsp3) is 0.435. The molecule has 2 saturated heterocycles. The number of amides is 1. The Balaban J connectivity index is 1.21. The molecule has 1 atom stereocenters. The van der Waals surface area contributed by atoms with Crippen molar-refractivity contribution in [1.82, 2.24) is 19.5 Å². The van der Waals surface area contributed by atoms with Crippen LogP contribution in [0.3, 0.4) is 0 Å². The number of benzene rings is 1. The molecule has 2 aromatic heterocycles. The number of aromatic nitrogens is 3. The van der Waals surface area contributed by atoms with E-state index in [4.69, 9.17) is 4.74 Å². The van der Waals surface area contributed by atoms with E-state index in [9.17, 15) is 4.79 Å². The molecule has 0 unspecified atom stereocenters. The molecule has 3 aromatic rings. The number of carbonyl (C=O) groups excluding carboxylic acids is 1. The summed E-state index contributed by atoms with van der Waals surface area (Å²) in [4.78, 5) is 19.9. The van der Waals surface area contributed by atoms with Gasteiger partial charge in [0.1, 0.15) is 5.75 Å². The van der Waals surface area contributed by atoms with E-state index in [-0.39, 0.29) is 11.8 Å². The zero-order chi connectivity index (χ0) is 21.2. The highest BCUT2D eigenvalue weighted by Crippen LogP contribution is 2.25. The van der Waals surface area contributed by atoms with Gasteiger partial charge in [0.05, 0.1) is 13.0 Å². The number of fused-ring (bicyclic) bond motifs is 1. The van der Waals surface area contributed by atoms with E-state index in [1.54, 1.807) is 7.11 Å². The smallest absolute Gasteiger partial charge is 0.231 e. The lowest BCUT2D eigenvalue weighted by molar-refractivity contribution is -0.136. The summed E-state index contributed by atoms with van der Waals surface area (Å²) >= 11 is 0. The minimum absolute atomic E-state index is 0.0114. The number of methoxy groups -OCH3 is 1. The minimum Gasteiger partial charge on any atom is -0.497 e. The summed E-state index contributed by atoms with van der Waals surface area (Å²) in [6.07, 6.45) is 3.91. The van der Waals surface area contributed by atoms with Crippen molar-refractivity contribution in [3.8, 4) is 5.75 Å². The number of carbonyl (C=O) groups is 1. The predicted molar refractivity (Wildman–Crippen MR) is 120 cm³/mol. The SMILES string of the molecule is COc1ccc(N2CCN(C(=O)[C@H]3CCCN(c4nnc5ccccn45)C3)CC2)cc1. The van der Waals surface area contributed by atoms with Crippen LogP contribution >= 0.6 is 0 Å². The first-order valence-electron chi connectivity index (χ1n) is 11.0. The van der Waals surface area contributed by atoms with Crippen molar-refractivity contribution in [2.24, 2.45) is 5.92 Å². The van der Waals surface area contributed by atoms with Gasteiger partial charge in [0.15, 0.2) is 5.65 Å². The molecular weight excluding hydrogens is 392 g/mol. The van der Waals surface area contributed by atoms with Crippen molar-refractivity contribution in [2.75, 3.05) is 56.2 Å². The second-order valence-corrected chi connectivity index (χ2v) is 8.22. The highest BCUT2D eigenvalue weighted by Gasteiger charge is 2.32. The zero-order valence-corrected chi connectivity index (χ0v) is 17.9. The molecule has 31 heavy (non-hydrogen) atoms. The van der Waals surface area contributed by atoms with Crippen LogP contribution in [0, 0.1) is 5.92 Å². The zero-order valence-electron chi connectivity index (χ0n) is 17.9. The quantitative estimate of drug-likeness (QED) is 0.645. The van der Waals surface area contributed by atoms with E-state index in [0.717, 1.165) is 62.9 Å². The van der Waals surface area contributed by atoms with Crippen LogP contribution < -0.4 is 14.5 Å². The summed E-state index contributed by atoms with van der Waals surface area (Å²) in [6, 6.07) is 14.0. The van der Waals surface area contributed by atoms with Crippen LogP contribution in [-0.2, 0) is 4.79 Å². The molecule has 0 saturated carbocycles. The van der Waals surface area contributed by atoms with E-state index in [0.29, 0.717) is 6.54 Å². The van der Waals surface area contributed by atoms with Crippen LogP contribution in [0.15, 0.2) is 48.7 Å². The van der Waals surface area contributed by atoms with E-state index in [1.165, 1.54) is 5.69 Å². The van der Waals surface area contributed by atoms with Crippen molar-refractivity contribution < 1.29 is 9.53 Å². The second kappa shape index (κ2) is 8.45. The van der Waals surface area contributed by atoms with Gasteiger partial charge in [-0.1, -0.05) is 6.07 Å². The Morgan fingerprint density at radius 2 is 1.77 bits per heavy atom. The maximum Gasteiger partial charge on any atom is 0.231 e. The summed E-state index contributed by atoms with van der Waals surface area (Å²) in [7, 11) is 1.68. The van der Waals surface area contributed by atoms with Gasteiger partial charge < -0.3 is 19.4 Å². The van der Waals surface area contributed by atoms with Crippen LogP contribution in [0.4, 0.5) is 11.6 Å². The van der Waals surface area contributed by atoms with Crippen LogP contribution in [-0.4, -0.2) is 71.8 Å². The van der Waals surface area contributed by atoms with Crippen molar-refractivity contribution in [2.45, 2.75) is 12.8 Å². The van der Waals surface area contributed by atoms with Crippen molar-refractivity contribution in [3.63, 3.8) is 0 Å². The summed E-state index contributed by atoms with van der Waals surface area (Å²) in [5.41, 5.74) is 2.01. The average Bonchev–Trinajstić information content (AvgIpc) is 3.28. The van der Waals surface area contributed by atoms with E-state index in [2.05, 4.69) is 32.1 Å². The monoisotopic (exact) mass is 420 g/mol. The molecule has 1 aromatic carbocycles. The highest BCUT2D eigenvalue weighted by atomic mass is 16.5. The lowest BCUT2D eigenvalue weighted by atomic mass is 9.96. The van der Waals surface area contributed by atoms with Gasteiger partial charge in [-0.05, 0) is 49.2 Å². The van der Waals surface area contributed by atoms with Crippen molar-refractivity contribution in [1.29, 1.82) is 0 Å². The molecular formula is C23H28N6O2. The number of piperazine rings is 1. The molecule has 0 spiro atoms. The average molecular weight is 421 g/mol. The molecule has 162 valence electrons. The number of anilines is 2. The number of ether oxygens (including phenoxy) is 1. The topological polar surface area (TPSA) is 66.2 Å². The van der Waals surface area contributed by atoms with Gasteiger partial charge in [0, 0.05) is 51.2 Å². The molecule has 0 N–H and O–H groups in total. The third-order valence-electron chi connectivity index (χ3n) is 6.38. The van der Waals surface area contributed by atoms with E-state index < -0.39 is 0 Å². The molecule has 2 aliphatic rings. The Bertz CT molecular complexity index is 1040. The molecule has 5 rings (SSSR count). The number of pyridine rings is 1. The minimum atomic E-state index is 0.0114. The fourth-order valence-electron chi connectivity index (χ4n) is 4.64. The largest absolute Gasteiger partial charge is 0.497 e. The number of rotatable bonds is 4. The first kappa shape index (κ1) is 19.7. The number of hydrogen-bond acceptors (Lipinski definition) is 6. The fourth-order valence-corrected chi connectivity index (χ4v) is 4.64. The summed E-state index contributed by atoms with van der Waals surface area (Å²) < 4.78 is 7.25. The molecule has 0 bridgehead atoms. The van der Waals surface area contributed by atoms with Crippen molar-refractivity contribution >= 4 is 23.2 Å². The summed E-state index contributed by atoms with van der Waals surface area (Å²) in [5.74, 6) is 1.97. The first-order chi connectivity index (χ1) is 15.2. The van der Waals surface area contributed by atoms with Crippen LogP contribution in [0.25, 0.3) is 5.65 Å². The maximum atomic E-state index is 13.3. The highest BCUT2D eigenvalue weighted by molar-refractivity contribution is 5.80. The molecule has 0 aliphatic carbocycles. The Morgan fingerprint density at radius 3 is 2.55 bits per heavy atom. The molecule has 0 radical (unpaired) electrons. The Hall–Kier alpha value is -3.29. The molecule has 8 heteroatoms. The predicted octanol–water partition coefficient (Wildman–Crippen LogP) is 2.30. The van der Waals surface area contributed by atoms with Gasteiger partial charge >= 0.3 is 0 Å². The van der Waals surface area contributed by atoms with Crippen LogP contribution in [0.2, 0.25) is 0 Å². The van der Waals surface area contributed by atoms with Gasteiger partial charge in [0.2, 0.25) is 11.9 Å². The van der Waals surface area contributed by atoms with E-state index in [1.807, 2.05) is 45.8 Å². The standard InChI is InChI=1S/C23H28N6O2/c1-31-20-9-7-19(8-10-20)26-13-15-27(16-14-26)22(30)18-5-4-11-28(17-18)23-25-24-21-6-2-3-12-29(21)23/h2-3,6-10,12,18H,4-5,11,13-17H2,1H3/t18-/m0/s1. The van der Waals surface area contributed by atoms with Gasteiger partial charge in [-0.2, -0.15) is 0 Å². The normalized spacial score (nSPS) is 19.6. The van der Waals surface area contributed by atoms with Gasteiger partial charge in [0.25, 0.3) is 0 Å². The summed E-state index contributed by atoms with van der Waals surface area (Å²) in [6.45, 7) is 4.83. The third kappa shape index (κ3) is 3.89. The molecule has 4 heterocycles. The lowest BCUT2D eigenvalue weighted by Crippen LogP contribution is -2.52. The molecule has 8 nitrogen and oxygen atoms in total. The number of nitrogens with zero attached hydrogens (tertiary/aromatic N) is 6. The third-order valence-corrected chi connectivity index (χ3v) is 6.38. The molecule has 1 amide bonds. The summed E-state index contributed by atoms with van der Waals surface area (Å²) in [5, 5.41) is 8.64. The van der Waals surface area contributed by atoms with Gasteiger partial charge in [-0.3, -0.25) is 9.20 Å². The molecule has 2 aliphatic heterocycles. The van der Waals surface area contributed by atoms with Crippen LogP contribution in [0.1, 0.15) is 12.8 Å². The van der Waals surface area contributed by atoms with Gasteiger partial charge in [-0.15, -0.1) is 10.2 Å².